The molecule has 0 saturated carbocycles. The maximum absolute atomic E-state index is 12.2. The van der Waals surface area contributed by atoms with Crippen LogP contribution in [0.1, 0.15) is 18.1 Å². The zero-order valence-corrected chi connectivity index (χ0v) is 13.2. The Bertz CT molecular complexity index is 720. The number of carbonyl (C=O) groups is 1. The second kappa shape index (κ2) is 6.17. The van der Waals surface area contributed by atoms with Gasteiger partial charge in [0.1, 0.15) is 0 Å². The third kappa shape index (κ3) is 3.55. The lowest BCUT2D eigenvalue weighted by Crippen LogP contribution is -2.35. The molecule has 0 aliphatic rings. The van der Waals surface area contributed by atoms with E-state index in [1.54, 1.807) is 14.0 Å². The molecule has 21 heavy (non-hydrogen) atoms. The minimum absolute atomic E-state index is 0.158. The molecule has 1 heterocycles. The Labute approximate surface area is 126 Å². The van der Waals surface area contributed by atoms with Gasteiger partial charge in [-0.1, -0.05) is 16.8 Å². The van der Waals surface area contributed by atoms with Gasteiger partial charge in [-0.15, -0.1) is 0 Å². The first kappa shape index (κ1) is 15.4. The van der Waals surface area contributed by atoms with Crippen LogP contribution >= 0.6 is 11.8 Å². The Kier molecular flexibility index (Phi) is 4.52. The summed E-state index contributed by atoms with van der Waals surface area (Å²) < 4.78 is 6.11. The largest absolute Gasteiger partial charge is 0.441 e. The topological polar surface area (TPSA) is 79.0 Å². The van der Waals surface area contributed by atoms with Crippen LogP contribution in [0.4, 0.5) is 5.69 Å². The van der Waals surface area contributed by atoms with Gasteiger partial charge in [0.05, 0.1) is 5.25 Å². The number of hydrogen-bond donors (Lipinski definition) is 2. The number of anilines is 1. The Hall–Kier alpha value is -2.02. The number of nitrogens with zero attached hydrogens (tertiary/aromatic N) is 1. The first-order valence-corrected chi connectivity index (χ1v) is 7.38. The molecular weight excluding hydrogens is 290 g/mol. The van der Waals surface area contributed by atoms with Crippen molar-refractivity contribution in [3.63, 3.8) is 0 Å². The summed E-state index contributed by atoms with van der Waals surface area (Å²) in [6.07, 6.45) is 0. The first-order valence-electron chi connectivity index (χ1n) is 6.50. The number of amides is 1. The Balaban J connectivity index is 2.10. The third-order valence-electron chi connectivity index (χ3n) is 3.06. The molecule has 7 heteroatoms. The third-order valence-corrected chi connectivity index (χ3v) is 4.29. The van der Waals surface area contributed by atoms with E-state index < -0.39 is 10.9 Å². The maximum atomic E-state index is 12.2. The lowest BCUT2D eigenvalue weighted by atomic mass is 10.1. The predicted octanol–water partition coefficient (Wildman–Crippen LogP) is 1.53. The van der Waals surface area contributed by atoms with Crippen LogP contribution in [0.5, 0.6) is 0 Å². The number of benzene rings is 1. The molecule has 6 nitrogen and oxygen atoms in total. The molecule has 0 bridgehead atoms. The molecule has 2 rings (SSSR count). The number of aromatic amines is 1. The summed E-state index contributed by atoms with van der Waals surface area (Å²) in [6, 6.07) is 5.88. The Morgan fingerprint density at radius 3 is 2.76 bits per heavy atom. The van der Waals surface area contributed by atoms with Gasteiger partial charge in [0.15, 0.2) is 7.05 Å². The molecule has 112 valence electrons. The fraction of sp³-hybridized carbons (Fsp3) is 0.357. The number of H-pyrrole nitrogens is 1. The molecule has 1 atom stereocenters. The van der Waals surface area contributed by atoms with Crippen molar-refractivity contribution in [3.8, 4) is 0 Å². The molecule has 0 aliphatic heterocycles. The number of thioether (sulfide) groups is 1. The second-order valence-electron chi connectivity index (χ2n) is 4.91. The molecule has 1 amide bonds. The fourth-order valence-corrected chi connectivity index (χ4v) is 2.62. The highest BCUT2D eigenvalue weighted by Crippen LogP contribution is 2.21. The van der Waals surface area contributed by atoms with E-state index in [1.807, 2.05) is 32.0 Å². The van der Waals surface area contributed by atoms with Gasteiger partial charge in [-0.2, -0.15) is 0 Å². The van der Waals surface area contributed by atoms with E-state index in [-0.39, 0.29) is 5.91 Å². The van der Waals surface area contributed by atoms with Gasteiger partial charge in [-0.25, -0.2) is 4.79 Å². The van der Waals surface area contributed by atoms with Crippen molar-refractivity contribution in [2.45, 2.75) is 31.0 Å². The highest BCUT2D eigenvalue weighted by molar-refractivity contribution is 8.00. The van der Waals surface area contributed by atoms with Gasteiger partial charge < -0.3 is 5.32 Å². The molecule has 1 aromatic heterocycles. The lowest BCUT2D eigenvalue weighted by Gasteiger charge is -2.12. The number of aryl methyl sites for hydroxylation is 3. The Morgan fingerprint density at radius 2 is 2.14 bits per heavy atom. The van der Waals surface area contributed by atoms with E-state index in [1.165, 1.54) is 4.68 Å². The van der Waals surface area contributed by atoms with Crippen molar-refractivity contribution in [2.75, 3.05) is 5.32 Å². The van der Waals surface area contributed by atoms with E-state index in [0.29, 0.717) is 5.03 Å². The minimum Gasteiger partial charge on any atom is -0.325 e. The van der Waals surface area contributed by atoms with Crippen LogP contribution in [-0.4, -0.2) is 16.4 Å². The fourth-order valence-electron chi connectivity index (χ4n) is 1.78. The monoisotopic (exact) mass is 308 g/mol. The van der Waals surface area contributed by atoms with Crippen LogP contribution in [0.15, 0.2) is 32.5 Å². The van der Waals surface area contributed by atoms with Gasteiger partial charge >= 0.3 is 10.7 Å². The zero-order chi connectivity index (χ0) is 15.6. The minimum atomic E-state index is -0.478. The smallest absolute Gasteiger partial charge is 0.325 e. The van der Waals surface area contributed by atoms with Crippen molar-refractivity contribution < 1.29 is 14.0 Å². The summed E-state index contributed by atoms with van der Waals surface area (Å²) in [4.78, 5) is 23.7. The molecule has 0 fully saturated rings. The molecule has 0 radical (unpaired) electrons. The molecule has 0 saturated heterocycles. The number of carbonyl (C=O) groups excluding carboxylic acids is 1. The number of hydrogen-bond acceptors (Lipinski definition) is 4. The molecule has 1 unspecified atom stereocenters. The van der Waals surface area contributed by atoms with Crippen LogP contribution in [-0.2, 0) is 11.8 Å². The average molecular weight is 308 g/mol. The molecular formula is C14H18N3O3S+. The second-order valence-corrected chi connectivity index (χ2v) is 6.24. The van der Waals surface area contributed by atoms with Gasteiger partial charge in [-0.3, -0.25) is 9.32 Å². The standard InChI is InChI=1S/C14H17N3O3S/c1-8-5-6-9(2)11(7-8)15-12(18)10(3)21-13-14(19)20-16-17(13)4/h5-7,10H,1-4H3,(H-,15,16,18,19)/p+1. The molecule has 0 aliphatic carbocycles. The summed E-state index contributed by atoms with van der Waals surface area (Å²) in [5.74, 6) is -0.158. The SMILES string of the molecule is Cc1ccc(C)c(NC(=O)C(C)Sc2c(=O)o[nH][n+]2C)c1. The van der Waals surface area contributed by atoms with Crippen LogP contribution < -0.4 is 15.6 Å². The van der Waals surface area contributed by atoms with Crippen LogP contribution in [0.25, 0.3) is 0 Å². The van der Waals surface area contributed by atoms with Gasteiger partial charge in [0.25, 0.3) is 0 Å². The average Bonchev–Trinajstić information content (AvgIpc) is 2.74. The maximum Gasteiger partial charge on any atom is 0.441 e. The first-order chi connectivity index (χ1) is 9.88. The van der Waals surface area contributed by atoms with Gasteiger partial charge in [0, 0.05) is 5.69 Å². The van der Waals surface area contributed by atoms with Crippen molar-refractivity contribution in [3.05, 3.63) is 39.7 Å². The van der Waals surface area contributed by atoms with E-state index in [9.17, 15) is 9.59 Å². The van der Waals surface area contributed by atoms with Crippen molar-refractivity contribution in [1.29, 1.82) is 0 Å². The van der Waals surface area contributed by atoms with E-state index in [0.717, 1.165) is 28.6 Å². The lowest BCUT2D eigenvalue weighted by molar-refractivity contribution is -0.772. The Morgan fingerprint density at radius 1 is 1.43 bits per heavy atom. The number of nitrogens with one attached hydrogen (secondary N) is 2. The molecule has 0 spiro atoms. The summed E-state index contributed by atoms with van der Waals surface area (Å²) in [5, 5.41) is 5.25. The number of rotatable bonds is 4. The molecule has 1 aromatic carbocycles. The van der Waals surface area contributed by atoms with Gasteiger partial charge in [0.2, 0.25) is 5.91 Å². The van der Waals surface area contributed by atoms with E-state index >= 15 is 0 Å². The zero-order valence-electron chi connectivity index (χ0n) is 12.4. The summed E-state index contributed by atoms with van der Waals surface area (Å²) in [6.45, 7) is 5.66. The highest BCUT2D eigenvalue weighted by Gasteiger charge is 2.25. The quantitative estimate of drug-likeness (QED) is 0.663. The van der Waals surface area contributed by atoms with E-state index in [4.69, 9.17) is 0 Å². The van der Waals surface area contributed by atoms with Gasteiger partial charge in [-0.05, 0) is 55.0 Å². The van der Waals surface area contributed by atoms with Crippen molar-refractivity contribution in [1.82, 2.24) is 5.27 Å². The summed E-state index contributed by atoms with van der Waals surface area (Å²) in [5.41, 5.74) is 2.39. The van der Waals surface area contributed by atoms with Crippen LogP contribution in [0.3, 0.4) is 0 Å². The van der Waals surface area contributed by atoms with Crippen LogP contribution in [0.2, 0.25) is 0 Å². The van der Waals surface area contributed by atoms with Crippen molar-refractivity contribution >= 4 is 23.4 Å². The normalized spacial score (nSPS) is 12.2. The summed E-state index contributed by atoms with van der Waals surface area (Å²) in [7, 11) is 1.66. The van der Waals surface area contributed by atoms with E-state index in [2.05, 4.69) is 15.1 Å². The van der Waals surface area contributed by atoms with Crippen LogP contribution in [0, 0.1) is 13.8 Å². The number of aromatic nitrogens is 2. The molecule has 2 N–H and O–H groups in total. The van der Waals surface area contributed by atoms with Crippen molar-refractivity contribution in [2.24, 2.45) is 7.05 Å². The summed E-state index contributed by atoms with van der Waals surface area (Å²) >= 11 is 1.15. The highest BCUT2D eigenvalue weighted by atomic mass is 32.2. The molecule has 2 aromatic rings. The predicted molar refractivity (Wildman–Crippen MR) is 80.4 cm³/mol.